The Labute approximate surface area is 150 Å². The first-order valence-electron chi connectivity index (χ1n) is 8.44. The Morgan fingerprint density at radius 1 is 1.19 bits per heavy atom. The van der Waals surface area contributed by atoms with Gasteiger partial charge in [0.15, 0.2) is 11.9 Å². The van der Waals surface area contributed by atoms with Crippen LogP contribution in [0.5, 0.6) is 0 Å². The molecule has 1 fully saturated rings. The molecule has 2 amide bonds. The molecule has 142 valence electrons. The van der Waals surface area contributed by atoms with Crippen molar-refractivity contribution in [2.24, 2.45) is 17.6 Å². The number of likely N-dealkylation sites (tertiary alicyclic amines) is 1. The van der Waals surface area contributed by atoms with Crippen molar-refractivity contribution in [1.29, 1.82) is 0 Å². The molecule has 6 nitrogen and oxygen atoms in total. The van der Waals surface area contributed by atoms with E-state index < -0.39 is 35.5 Å². The molecule has 0 aliphatic carbocycles. The van der Waals surface area contributed by atoms with E-state index in [0.717, 1.165) is 12.1 Å². The fraction of sp³-hybridized carbons (Fsp3) is 0.500. The summed E-state index contributed by atoms with van der Waals surface area (Å²) in [6.45, 7) is 4.03. The van der Waals surface area contributed by atoms with Crippen LogP contribution in [0.2, 0.25) is 0 Å². The summed E-state index contributed by atoms with van der Waals surface area (Å²) in [5.41, 5.74) is 4.87. The summed E-state index contributed by atoms with van der Waals surface area (Å²) >= 11 is 0. The van der Waals surface area contributed by atoms with Gasteiger partial charge < -0.3 is 15.4 Å². The average Bonchev–Trinajstić information content (AvgIpc) is 2.58. The lowest BCUT2D eigenvalue weighted by atomic mass is 9.88. The molecule has 0 radical (unpaired) electrons. The van der Waals surface area contributed by atoms with Crippen molar-refractivity contribution >= 4 is 17.8 Å². The maximum absolute atomic E-state index is 13.8. The quantitative estimate of drug-likeness (QED) is 0.809. The lowest BCUT2D eigenvalue weighted by molar-refractivity contribution is -0.143. The lowest BCUT2D eigenvalue weighted by Crippen LogP contribution is -2.48. The molecule has 1 saturated heterocycles. The Bertz CT molecular complexity index is 700. The Kier molecular flexibility index (Phi) is 6.28. The molecule has 0 aromatic heterocycles. The molecule has 1 aromatic carbocycles. The highest BCUT2D eigenvalue weighted by Gasteiger charge is 2.34. The molecule has 1 aliphatic rings. The standard InChI is InChI=1S/C18H22F2N2O4/c1-10(2)16(26-18(21)25)17(24)22-7-5-11(6-8-22)15(23)13-4-3-12(19)9-14(13)20/h3-4,9-11,16H,5-8H2,1-2H3,(H2,21,25)/t16-/m0/s1. The first-order chi connectivity index (χ1) is 12.2. The molecular weight excluding hydrogens is 346 g/mol. The van der Waals surface area contributed by atoms with Gasteiger partial charge in [0.05, 0.1) is 5.56 Å². The number of hydrogen-bond donors (Lipinski definition) is 1. The third-order valence-corrected chi connectivity index (χ3v) is 4.47. The summed E-state index contributed by atoms with van der Waals surface area (Å²) in [4.78, 5) is 37.5. The van der Waals surface area contributed by atoms with Crippen LogP contribution in [0.1, 0.15) is 37.0 Å². The number of amides is 2. The number of ketones is 1. The van der Waals surface area contributed by atoms with E-state index in [2.05, 4.69) is 0 Å². The minimum atomic E-state index is -1.02. The molecular formula is C18H22F2N2O4. The second-order valence-electron chi connectivity index (χ2n) is 6.69. The molecule has 1 aromatic rings. The molecule has 2 N–H and O–H groups in total. The maximum Gasteiger partial charge on any atom is 0.405 e. The first kappa shape index (κ1) is 19.8. The van der Waals surface area contributed by atoms with Gasteiger partial charge in [0, 0.05) is 25.1 Å². The maximum atomic E-state index is 13.8. The number of ether oxygens (including phenoxy) is 1. The van der Waals surface area contributed by atoms with Crippen LogP contribution in [-0.4, -0.2) is 41.9 Å². The lowest BCUT2D eigenvalue weighted by Gasteiger charge is -2.34. The number of primary amides is 1. The number of Topliss-reactive ketones (excluding diaryl/α,β-unsaturated/α-hetero) is 1. The van der Waals surface area contributed by atoms with Crippen molar-refractivity contribution in [3.05, 3.63) is 35.4 Å². The van der Waals surface area contributed by atoms with Gasteiger partial charge in [-0.15, -0.1) is 0 Å². The highest BCUT2D eigenvalue weighted by Crippen LogP contribution is 2.25. The second-order valence-corrected chi connectivity index (χ2v) is 6.69. The predicted octanol–water partition coefficient (Wildman–Crippen LogP) is 2.51. The van der Waals surface area contributed by atoms with Crippen LogP contribution in [0.25, 0.3) is 0 Å². The number of carbonyl (C=O) groups excluding carboxylic acids is 3. The van der Waals surface area contributed by atoms with E-state index in [1.54, 1.807) is 13.8 Å². The highest BCUT2D eigenvalue weighted by molar-refractivity contribution is 5.98. The largest absolute Gasteiger partial charge is 0.436 e. The van der Waals surface area contributed by atoms with Gasteiger partial charge in [-0.25, -0.2) is 13.6 Å². The van der Waals surface area contributed by atoms with Crippen molar-refractivity contribution in [2.75, 3.05) is 13.1 Å². The summed E-state index contributed by atoms with van der Waals surface area (Å²) in [5, 5.41) is 0. The third kappa shape index (κ3) is 4.56. The molecule has 8 heteroatoms. The molecule has 1 heterocycles. The number of nitrogens with two attached hydrogens (primary N) is 1. The number of carbonyl (C=O) groups is 3. The van der Waals surface area contributed by atoms with E-state index in [9.17, 15) is 23.2 Å². The minimum Gasteiger partial charge on any atom is -0.436 e. The average molecular weight is 368 g/mol. The van der Waals surface area contributed by atoms with E-state index in [0.29, 0.717) is 18.9 Å². The predicted molar refractivity (Wildman–Crippen MR) is 89.3 cm³/mol. The van der Waals surface area contributed by atoms with Gasteiger partial charge in [0.1, 0.15) is 11.6 Å². The minimum absolute atomic E-state index is 0.145. The normalized spacial score (nSPS) is 16.4. The van der Waals surface area contributed by atoms with Gasteiger partial charge in [-0.05, 0) is 30.9 Å². The number of halogens is 2. The molecule has 1 atom stereocenters. The zero-order chi connectivity index (χ0) is 19.4. The van der Waals surface area contributed by atoms with Crippen LogP contribution in [0.4, 0.5) is 13.6 Å². The van der Waals surface area contributed by atoms with Gasteiger partial charge >= 0.3 is 6.09 Å². The topological polar surface area (TPSA) is 89.7 Å². The first-order valence-corrected chi connectivity index (χ1v) is 8.44. The van der Waals surface area contributed by atoms with Crippen molar-refractivity contribution in [2.45, 2.75) is 32.8 Å². The van der Waals surface area contributed by atoms with E-state index in [1.807, 2.05) is 0 Å². The summed E-state index contributed by atoms with van der Waals surface area (Å²) in [7, 11) is 0. The van der Waals surface area contributed by atoms with Crippen molar-refractivity contribution in [1.82, 2.24) is 4.90 Å². The fourth-order valence-corrected chi connectivity index (χ4v) is 3.05. The van der Waals surface area contributed by atoms with Crippen molar-refractivity contribution in [3.63, 3.8) is 0 Å². The monoisotopic (exact) mass is 368 g/mol. The Morgan fingerprint density at radius 3 is 2.31 bits per heavy atom. The summed E-state index contributed by atoms with van der Waals surface area (Å²) < 4.78 is 31.7. The molecule has 26 heavy (non-hydrogen) atoms. The van der Waals surface area contributed by atoms with E-state index in [1.165, 1.54) is 4.90 Å². The molecule has 0 bridgehead atoms. The van der Waals surface area contributed by atoms with Crippen LogP contribution in [0, 0.1) is 23.5 Å². The van der Waals surface area contributed by atoms with Crippen LogP contribution < -0.4 is 5.73 Å². The third-order valence-electron chi connectivity index (χ3n) is 4.47. The van der Waals surface area contributed by atoms with Gasteiger partial charge in [0.25, 0.3) is 5.91 Å². The second kappa shape index (κ2) is 8.25. The number of rotatable bonds is 5. The van der Waals surface area contributed by atoms with Gasteiger partial charge in [-0.2, -0.15) is 0 Å². The number of benzene rings is 1. The highest BCUT2D eigenvalue weighted by atomic mass is 19.1. The number of hydrogen-bond acceptors (Lipinski definition) is 4. The number of nitrogens with zero attached hydrogens (tertiary/aromatic N) is 1. The molecule has 0 saturated carbocycles. The van der Waals surface area contributed by atoms with Gasteiger partial charge in [0.2, 0.25) is 0 Å². The van der Waals surface area contributed by atoms with Crippen LogP contribution in [-0.2, 0) is 9.53 Å². The fourth-order valence-electron chi connectivity index (χ4n) is 3.05. The molecule has 2 rings (SSSR count). The molecule has 0 unspecified atom stereocenters. The zero-order valence-corrected chi connectivity index (χ0v) is 14.7. The van der Waals surface area contributed by atoms with E-state index in [-0.39, 0.29) is 30.5 Å². The van der Waals surface area contributed by atoms with E-state index >= 15 is 0 Å². The molecule has 0 spiro atoms. The number of piperidine rings is 1. The van der Waals surface area contributed by atoms with Crippen LogP contribution >= 0.6 is 0 Å². The Morgan fingerprint density at radius 2 is 1.81 bits per heavy atom. The smallest absolute Gasteiger partial charge is 0.405 e. The summed E-state index contributed by atoms with van der Waals surface area (Å²) in [6.07, 6.45) is -1.30. The Hall–Kier alpha value is -2.51. The van der Waals surface area contributed by atoms with Gasteiger partial charge in [-0.1, -0.05) is 13.8 Å². The summed E-state index contributed by atoms with van der Waals surface area (Å²) in [5.74, 6) is -3.09. The van der Waals surface area contributed by atoms with Crippen LogP contribution in [0.3, 0.4) is 0 Å². The van der Waals surface area contributed by atoms with Crippen LogP contribution in [0.15, 0.2) is 18.2 Å². The van der Waals surface area contributed by atoms with Crippen molar-refractivity contribution in [3.8, 4) is 0 Å². The SMILES string of the molecule is CC(C)[C@H](OC(N)=O)C(=O)N1CCC(C(=O)c2ccc(F)cc2F)CC1. The van der Waals surface area contributed by atoms with E-state index in [4.69, 9.17) is 10.5 Å². The Balaban J connectivity index is 2.00. The summed E-state index contributed by atoms with van der Waals surface area (Å²) in [6, 6.07) is 2.86. The zero-order valence-electron chi connectivity index (χ0n) is 14.7. The van der Waals surface area contributed by atoms with Crippen molar-refractivity contribution < 1.29 is 27.9 Å². The van der Waals surface area contributed by atoms with Gasteiger partial charge in [-0.3, -0.25) is 9.59 Å². The molecule has 1 aliphatic heterocycles.